The van der Waals surface area contributed by atoms with E-state index in [1.807, 2.05) is 20.9 Å². The Morgan fingerprint density at radius 3 is 2.47 bits per heavy atom. The maximum atomic E-state index is 12.0. The lowest BCUT2D eigenvalue weighted by atomic mass is 9.91. The van der Waals surface area contributed by atoms with E-state index < -0.39 is 0 Å². The van der Waals surface area contributed by atoms with E-state index in [-0.39, 0.29) is 18.6 Å². The van der Waals surface area contributed by atoms with Crippen molar-refractivity contribution >= 4 is 5.91 Å². The second kappa shape index (κ2) is 6.97. The number of hydrogen-bond donors (Lipinski definition) is 1. The van der Waals surface area contributed by atoms with Crippen LogP contribution in [0.4, 0.5) is 0 Å². The van der Waals surface area contributed by atoms with Crippen LogP contribution in [0.25, 0.3) is 0 Å². The Morgan fingerprint density at radius 1 is 1.41 bits per heavy atom. The maximum absolute atomic E-state index is 12.0. The minimum atomic E-state index is 0.185. The van der Waals surface area contributed by atoms with E-state index in [9.17, 15) is 4.79 Å². The van der Waals surface area contributed by atoms with Crippen molar-refractivity contribution in [2.75, 3.05) is 26.7 Å². The Morgan fingerprint density at radius 2 is 2.06 bits per heavy atom. The molecule has 4 nitrogen and oxygen atoms in total. The molecule has 0 spiro atoms. The molecule has 0 aromatic heterocycles. The fraction of sp³-hybridized carbons (Fsp3) is 0.923. The van der Waals surface area contributed by atoms with E-state index in [4.69, 9.17) is 5.11 Å². The van der Waals surface area contributed by atoms with Gasteiger partial charge in [0.25, 0.3) is 0 Å². The average molecular weight is 242 g/mol. The van der Waals surface area contributed by atoms with Crippen LogP contribution < -0.4 is 0 Å². The lowest BCUT2D eigenvalue weighted by Gasteiger charge is -2.38. The van der Waals surface area contributed by atoms with E-state index in [0.29, 0.717) is 12.6 Å². The first kappa shape index (κ1) is 14.5. The SMILES string of the molecule is CC(C)N(C)C(=O)CN(CCCO)C1CCC1. The molecule has 1 fully saturated rings. The van der Waals surface area contributed by atoms with Gasteiger partial charge >= 0.3 is 0 Å². The molecule has 1 saturated carbocycles. The van der Waals surface area contributed by atoms with Crippen LogP contribution in [0.15, 0.2) is 0 Å². The van der Waals surface area contributed by atoms with E-state index in [0.717, 1.165) is 13.0 Å². The summed E-state index contributed by atoms with van der Waals surface area (Å²) in [5, 5.41) is 8.90. The number of hydrogen-bond acceptors (Lipinski definition) is 3. The average Bonchev–Trinajstić information content (AvgIpc) is 2.21. The molecule has 4 heteroatoms. The van der Waals surface area contributed by atoms with Gasteiger partial charge < -0.3 is 10.0 Å². The minimum Gasteiger partial charge on any atom is -0.396 e. The Kier molecular flexibility index (Phi) is 5.92. The molecule has 17 heavy (non-hydrogen) atoms. The molecule has 0 aromatic rings. The molecule has 0 atom stereocenters. The fourth-order valence-electron chi connectivity index (χ4n) is 1.99. The summed E-state index contributed by atoms with van der Waals surface area (Å²) in [6, 6.07) is 0.814. The Hall–Kier alpha value is -0.610. The summed E-state index contributed by atoms with van der Waals surface area (Å²) in [5.74, 6) is 0.185. The Balaban J connectivity index is 2.44. The van der Waals surface area contributed by atoms with Crippen molar-refractivity contribution in [1.29, 1.82) is 0 Å². The predicted octanol–water partition coefficient (Wildman–Crippen LogP) is 1.09. The lowest BCUT2D eigenvalue weighted by molar-refractivity contribution is -0.133. The normalized spacial score (nSPS) is 16.4. The van der Waals surface area contributed by atoms with Crippen LogP contribution in [0, 0.1) is 0 Å². The number of amides is 1. The monoisotopic (exact) mass is 242 g/mol. The Labute approximate surface area is 105 Å². The topological polar surface area (TPSA) is 43.8 Å². The molecule has 1 amide bonds. The summed E-state index contributed by atoms with van der Waals surface area (Å²) in [4.78, 5) is 16.1. The number of rotatable bonds is 7. The largest absolute Gasteiger partial charge is 0.396 e. The van der Waals surface area contributed by atoms with Gasteiger partial charge in [0.15, 0.2) is 0 Å². The zero-order valence-electron chi connectivity index (χ0n) is 11.4. The first-order valence-corrected chi connectivity index (χ1v) is 6.66. The van der Waals surface area contributed by atoms with Gasteiger partial charge in [0.2, 0.25) is 5.91 Å². The molecule has 1 N–H and O–H groups in total. The van der Waals surface area contributed by atoms with Crippen LogP contribution in [-0.4, -0.2) is 59.6 Å². The molecule has 0 heterocycles. The third-order valence-corrected chi connectivity index (χ3v) is 3.70. The highest BCUT2D eigenvalue weighted by Gasteiger charge is 2.27. The molecule has 1 aliphatic carbocycles. The van der Waals surface area contributed by atoms with Crippen molar-refractivity contribution < 1.29 is 9.90 Å². The first-order valence-electron chi connectivity index (χ1n) is 6.66. The van der Waals surface area contributed by atoms with Crippen molar-refractivity contribution in [3.8, 4) is 0 Å². The van der Waals surface area contributed by atoms with Gasteiger partial charge in [-0.3, -0.25) is 9.69 Å². The van der Waals surface area contributed by atoms with Crippen molar-refractivity contribution in [1.82, 2.24) is 9.80 Å². The summed E-state index contributed by atoms with van der Waals surface area (Å²) >= 11 is 0. The molecule has 0 radical (unpaired) electrons. The number of aliphatic hydroxyl groups is 1. The van der Waals surface area contributed by atoms with Gasteiger partial charge in [-0.1, -0.05) is 6.42 Å². The van der Waals surface area contributed by atoms with Gasteiger partial charge in [-0.25, -0.2) is 0 Å². The quantitative estimate of drug-likeness (QED) is 0.727. The van der Waals surface area contributed by atoms with Crippen molar-refractivity contribution in [2.45, 2.75) is 51.6 Å². The Bertz CT molecular complexity index is 240. The number of likely N-dealkylation sites (N-methyl/N-ethyl adjacent to an activating group) is 1. The number of aliphatic hydroxyl groups excluding tert-OH is 1. The summed E-state index contributed by atoms with van der Waals surface area (Å²) in [7, 11) is 1.86. The highest BCUT2D eigenvalue weighted by Crippen LogP contribution is 2.24. The molecule has 0 aromatic carbocycles. The van der Waals surface area contributed by atoms with Gasteiger partial charge in [0.1, 0.15) is 0 Å². The van der Waals surface area contributed by atoms with Crippen molar-refractivity contribution in [3.63, 3.8) is 0 Å². The fourth-order valence-corrected chi connectivity index (χ4v) is 1.99. The van der Waals surface area contributed by atoms with Gasteiger partial charge in [-0.15, -0.1) is 0 Å². The van der Waals surface area contributed by atoms with Gasteiger partial charge in [-0.2, -0.15) is 0 Å². The van der Waals surface area contributed by atoms with E-state index in [2.05, 4.69) is 4.90 Å². The molecular weight excluding hydrogens is 216 g/mol. The molecule has 100 valence electrons. The highest BCUT2D eigenvalue weighted by molar-refractivity contribution is 5.78. The van der Waals surface area contributed by atoms with Gasteiger partial charge in [0.05, 0.1) is 6.54 Å². The second-order valence-corrected chi connectivity index (χ2v) is 5.23. The molecule has 1 rings (SSSR count). The molecule has 0 aliphatic heterocycles. The highest BCUT2D eigenvalue weighted by atomic mass is 16.3. The smallest absolute Gasteiger partial charge is 0.236 e. The second-order valence-electron chi connectivity index (χ2n) is 5.23. The molecule has 0 unspecified atom stereocenters. The van der Waals surface area contributed by atoms with Crippen molar-refractivity contribution in [3.05, 3.63) is 0 Å². The third-order valence-electron chi connectivity index (χ3n) is 3.70. The molecular formula is C13H26N2O2. The number of nitrogens with zero attached hydrogens (tertiary/aromatic N) is 2. The van der Waals surface area contributed by atoms with Gasteiger partial charge in [0, 0.05) is 32.3 Å². The maximum Gasteiger partial charge on any atom is 0.236 e. The van der Waals surface area contributed by atoms with Crippen LogP contribution in [0.5, 0.6) is 0 Å². The third kappa shape index (κ3) is 4.28. The van der Waals surface area contributed by atoms with Crippen molar-refractivity contribution in [2.24, 2.45) is 0 Å². The summed E-state index contributed by atoms with van der Waals surface area (Å²) < 4.78 is 0. The number of carbonyl (C=O) groups excluding carboxylic acids is 1. The van der Waals surface area contributed by atoms with Crippen LogP contribution in [0.1, 0.15) is 39.5 Å². The van der Waals surface area contributed by atoms with Gasteiger partial charge in [-0.05, 0) is 33.1 Å². The molecule has 0 saturated heterocycles. The van der Waals surface area contributed by atoms with E-state index >= 15 is 0 Å². The van der Waals surface area contributed by atoms with Crippen LogP contribution in [0.2, 0.25) is 0 Å². The first-order chi connectivity index (χ1) is 8.06. The van der Waals surface area contributed by atoms with Crippen LogP contribution in [-0.2, 0) is 4.79 Å². The zero-order valence-corrected chi connectivity index (χ0v) is 11.4. The van der Waals surface area contributed by atoms with E-state index in [1.54, 1.807) is 4.90 Å². The summed E-state index contributed by atoms with van der Waals surface area (Å²) in [6.07, 6.45) is 4.43. The molecule has 0 bridgehead atoms. The molecule has 1 aliphatic rings. The van der Waals surface area contributed by atoms with E-state index in [1.165, 1.54) is 19.3 Å². The predicted molar refractivity (Wildman–Crippen MR) is 68.8 cm³/mol. The van der Waals surface area contributed by atoms with Crippen LogP contribution in [0.3, 0.4) is 0 Å². The standard InChI is InChI=1S/C13H26N2O2/c1-11(2)14(3)13(17)10-15(8-5-9-16)12-6-4-7-12/h11-12,16H,4-10H2,1-3H3. The lowest BCUT2D eigenvalue weighted by Crippen LogP contribution is -2.48. The number of carbonyl (C=O) groups is 1. The van der Waals surface area contributed by atoms with Crippen LogP contribution >= 0.6 is 0 Å². The summed E-state index contributed by atoms with van der Waals surface area (Å²) in [5.41, 5.74) is 0. The minimum absolute atomic E-state index is 0.185. The zero-order chi connectivity index (χ0) is 12.8. The summed E-state index contributed by atoms with van der Waals surface area (Å²) in [6.45, 7) is 5.59.